The topological polar surface area (TPSA) is 52.1 Å². The molecule has 2 aromatic rings. The van der Waals surface area contributed by atoms with Crippen LogP contribution in [0.2, 0.25) is 0 Å². The summed E-state index contributed by atoms with van der Waals surface area (Å²) in [6.07, 6.45) is 0.375. The number of esters is 1. The summed E-state index contributed by atoms with van der Waals surface area (Å²) < 4.78 is 4.80. The van der Waals surface area contributed by atoms with Crippen LogP contribution in [0, 0.1) is 0 Å². The van der Waals surface area contributed by atoms with Crippen LogP contribution in [-0.4, -0.2) is 27.6 Å². The van der Waals surface area contributed by atoms with Gasteiger partial charge in [-0.2, -0.15) is 0 Å². The quantitative estimate of drug-likeness (QED) is 0.787. The molecule has 0 radical (unpaired) electrons. The van der Waals surface area contributed by atoms with E-state index in [1.54, 1.807) is 23.5 Å². The van der Waals surface area contributed by atoms with Gasteiger partial charge in [-0.25, -0.2) is 9.97 Å². The van der Waals surface area contributed by atoms with Gasteiger partial charge in [-0.1, -0.05) is 35.7 Å². The fourth-order valence-corrected chi connectivity index (χ4v) is 4.26. The molecule has 3 rings (SSSR count). The number of carbonyl (C=O) groups is 1. The fraction of sp³-hybridized carbons (Fsp3) is 0.250. The molecule has 0 fully saturated rings. The van der Waals surface area contributed by atoms with Crippen molar-refractivity contribution in [2.45, 2.75) is 21.1 Å². The number of benzene rings is 1. The monoisotopic (exact) mass is 278 g/mol. The first-order valence-corrected chi connectivity index (χ1v) is 7.19. The van der Waals surface area contributed by atoms with Gasteiger partial charge in [-0.15, -0.1) is 0 Å². The van der Waals surface area contributed by atoms with E-state index in [4.69, 9.17) is 0 Å². The average Bonchev–Trinajstić information content (AvgIpc) is 2.76. The van der Waals surface area contributed by atoms with Gasteiger partial charge in [0.15, 0.2) is 0 Å². The number of hydrogen-bond donors (Lipinski definition) is 0. The first-order chi connectivity index (χ1) is 8.76. The molecule has 0 saturated heterocycles. The van der Waals surface area contributed by atoms with Crippen molar-refractivity contribution in [1.82, 2.24) is 9.97 Å². The maximum absolute atomic E-state index is 11.3. The summed E-state index contributed by atoms with van der Waals surface area (Å²) in [5, 5.41) is 1.82. The van der Waals surface area contributed by atoms with E-state index in [0.717, 1.165) is 21.1 Å². The van der Waals surface area contributed by atoms with Crippen molar-refractivity contribution in [3.8, 4) is 0 Å². The predicted octanol–water partition coefficient (Wildman–Crippen LogP) is 2.72. The van der Waals surface area contributed by atoms with Gasteiger partial charge < -0.3 is 4.74 Å². The zero-order chi connectivity index (χ0) is 12.5. The van der Waals surface area contributed by atoms with Crippen LogP contribution >= 0.6 is 23.5 Å². The Morgan fingerprint density at radius 1 is 1.22 bits per heavy atom. The summed E-state index contributed by atoms with van der Waals surface area (Å²) in [5.74, 6) is -0.197. The number of ether oxygens (including phenoxy) is 1. The smallest absolute Gasteiger partial charge is 0.307 e. The number of nitrogens with zero attached hydrogens (tertiary/aromatic N) is 2. The van der Waals surface area contributed by atoms with Gasteiger partial charge in [0.1, 0.15) is 10.1 Å². The summed E-state index contributed by atoms with van der Waals surface area (Å²) in [5.41, 5.74) is 1.78. The number of fused-ring (bicyclic) bond motifs is 2. The molecule has 0 spiro atoms. The summed E-state index contributed by atoms with van der Waals surface area (Å²) in [7, 11) is 1.41. The Hall–Kier alpha value is -1.27. The first kappa shape index (κ1) is 11.8. The van der Waals surface area contributed by atoms with Gasteiger partial charge in [-0.05, 0) is 12.1 Å². The van der Waals surface area contributed by atoms with E-state index in [1.165, 1.54) is 7.11 Å². The summed E-state index contributed by atoms with van der Waals surface area (Å²) in [6, 6.07) is 7.78. The lowest BCUT2D eigenvalue weighted by Gasteiger charge is -2.03. The van der Waals surface area contributed by atoms with Crippen LogP contribution in [0.15, 0.2) is 34.3 Å². The molecule has 1 aromatic carbocycles. The molecule has 0 unspecified atom stereocenters. The second-order valence-electron chi connectivity index (χ2n) is 3.77. The van der Waals surface area contributed by atoms with Gasteiger partial charge in [0.05, 0.1) is 29.1 Å². The third kappa shape index (κ3) is 2.18. The molecule has 0 atom stereocenters. The van der Waals surface area contributed by atoms with Crippen LogP contribution in [0.1, 0.15) is 6.42 Å². The van der Waals surface area contributed by atoms with Gasteiger partial charge in [0, 0.05) is 0 Å². The molecule has 6 heteroatoms. The number of methoxy groups -OCH3 is 1. The Balaban J connectivity index is 1.88. The van der Waals surface area contributed by atoms with Crippen molar-refractivity contribution >= 4 is 40.5 Å². The molecule has 92 valence electrons. The van der Waals surface area contributed by atoms with Crippen LogP contribution in [-0.2, 0) is 9.53 Å². The van der Waals surface area contributed by atoms with Gasteiger partial charge in [0.25, 0.3) is 0 Å². The normalized spacial score (nSPS) is 14.7. The third-order valence-corrected chi connectivity index (χ3v) is 5.14. The van der Waals surface area contributed by atoms with E-state index in [-0.39, 0.29) is 10.6 Å². The Morgan fingerprint density at radius 3 is 2.28 bits per heavy atom. The summed E-state index contributed by atoms with van der Waals surface area (Å²) in [4.78, 5) is 20.4. The lowest BCUT2D eigenvalue weighted by molar-refractivity contribution is -0.140. The number of thioether (sulfide) groups is 2. The van der Waals surface area contributed by atoms with Crippen molar-refractivity contribution in [3.63, 3.8) is 0 Å². The van der Waals surface area contributed by atoms with E-state index < -0.39 is 0 Å². The van der Waals surface area contributed by atoms with Gasteiger partial charge in [0.2, 0.25) is 0 Å². The molecule has 2 heterocycles. The highest BCUT2D eigenvalue weighted by molar-refractivity contribution is 8.19. The fourth-order valence-electron chi connectivity index (χ4n) is 1.70. The first-order valence-electron chi connectivity index (χ1n) is 5.43. The van der Waals surface area contributed by atoms with Crippen molar-refractivity contribution in [1.29, 1.82) is 0 Å². The van der Waals surface area contributed by atoms with Crippen LogP contribution in [0.3, 0.4) is 0 Å². The van der Waals surface area contributed by atoms with E-state index in [2.05, 4.69) is 14.7 Å². The van der Waals surface area contributed by atoms with Crippen LogP contribution in [0.25, 0.3) is 11.0 Å². The van der Waals surface area contributed by atoms with Crippen molar-refractivity contribution in [3.05, 3.63) is 24.3 Å². The average molecular weight is 278 g/mol. The van der Waals surface area contributed by atoms with Gasteiger partial charge >= 0.3 is 5.97 Å². The lowest BCUT2D eigenvalue weighted by Crippen LogP contribution is -2.06. The molecule has 0 amide bonds. The van der Waals surface area contributed by atoms with Gasteiger partial charge in [-0.3, -0.25) is 4.79 Å². The highest BCUT2D eigenvalue weighted by Gasteiger charge is 2.28. The standard InChI is InChI=1S/C12H10N2O2S2/c1-16-9(15)6-10-17-11-12(18-10)14-8-5-3-2-4-7(8)13-11/h2-5,10H,6H2,1H3. The van der Waals surface area contributed by atoms with E-state index in [9.17, 15) is 4.79 Å². The molecular formula is C12H10N2O2S2. The molecule has 0 N–H and O–H groups in total. The number of carbonyl (C=O) groups excluding carboxylic acids is 1. The molecule has 1 aromatic heterocycles. The van der Waals surface area contributed by atoms with Crippen LogP contribution in [0.5, 0.6) is 0 Å². The predicted molar refractivity (Wildman–Crippen MR) is 71.7 cm³/mol. The zero-order valence-corrected chi connectivity index (χ0v) is 11.3. The van der Waals surface area contributed by atoms with Crippen molar-refractivity contribution in [2.24, 2.45) is 0 Å². The molecule has 0 bridgehead atoms. The maximum atomic E-state index is 11.3. The molecule has 1 aliphatic heterocycles. The number of hydrogen-bond acceptors (Lipinski definition) is 6. The van der Waals surface area contributed by atoms with Crippen molar-refractivity contribution in [2.75, 3.05) is 7.11 Å². The Kier molecular flexibility index (Phi) is 3.13. The SMILES string of the molecule is COC(=O)CC1Sc2nc3ccccc3nc2S1. The third-order valence-electron chi connectivity index (χ3n) is 2.56. The highest BCUT2D eigenvalue weighted by Crippen LogP contribution is 2.47. The second kappa shape index (κ2) is 4.78. The Morgan fingerprint density at radius 2 is 1.78 bits per heavy atom. The van der Waals surface area contributed by atoms with Crippen molar-refractivity contribution < 1.29 is 9.53 Å². The van der Waals surface area contributed by atoms with E-state index >= 15 is 0 Å². The van der Waals surface area contributed by atoms with Crippen LogP contribution in [0.4, 0.5) is 0 Å². The molecular weight excluding hydrogens is 268 g/mol. The minimum atomic E-state index is -0.197. The Labute approximate surface area is 113 Å². The highest BCUT2D eigenvalue weighted by atomic mass is 32.2. The molecule has 4 nitrogen and oxygen atoms in total. The number of aromatic nitrogens is 2. The van der Waals surface area contributed by atoms with E-state index in [0.29, 0.717) is 6.42 Å². The second-order valence-corrected chi connectivity index (χ2v) is 6.45. The molecule has 1 aliphatic rings. The minimum absolute atomic E-state index is 0.115. The largest absolute Gasteiger partial charge is 0.469 e. The molecule has 0 saturated carbocycles. The molecule has 18 heavy (non-hydrogen) atoms. The Bertz CT molecular complexity index is 574. The number of para-hydroxylation sites is 2. The van der Waals surface area contributed by atoms with E-state index in [1.807, 2.05) is 24.3 Å². The lowest BCUT2D eigenvalue weighted by atomic mass is 10.3. The number of rotatable bonds is 2. The summed E-state index contributed by atoms with van der Waals surface area (Å²) in [6.45, 7) is 0. The minimum Gasteiger partial charge on any atom is -0.469 e. The molecule has 0 aliphatic carbocycles. The van der Waals surface area contributed by atoms with Crippen LogP contribution < -0.4 is 0 Å². The maximum Gasteiger partial charge on any atom is 0.307 e. The zero-order valence-electron chi connectivity index (χ0n) is 9.62. The summed E-state index contributed by atoms with van der Waals surface area (Å²) >= 11 is 3.17.